The molecule has 1 amide bonds. The van der Waals surface area contributed by atoms with Gasteiger partial charge in [-0.05, 0) is 41.8 Å². The van der Waals surface area contributed by atoms with Gasteiger partial charge in [-0.1, -0.05) is 67.6 Å². The number of hydrogen-bond acceptors (Lipinski definition) is 4. The van der Waals surface area contributed by atoms with Gasteiger partial charge in [-0.3, -0.25) is 9.10 Å². The monoisotopic (exact) mass is 476 g/mol. The van der Waals surface area contributed by atoms with Gasteiger partial charge in [0.15, 0.2) is 0 Å². The molecule has 0 fully saturated rings. The molecular weight excluding hydrogens is 452 g/mol. The lowest BCUT2D eigenvalue weighted by Gasteiger charge is -2.21. The molecule has 1 aromatic heterocycles. The first-order valence-electron chi connectivity index (χ1n) is 10.5. The quantitative estimate of drug-likeness (QED) is 0.353. The van der Waals surface area contributed by atoms with Gasteiger partial charge >= 0.3 is 0 Å². The number of benzene rings is 3. The number of amides is 1. The molecule has 0 saturated carbocycles. The van der Waals surface area contributed by atoms with Crippen molar-refractivity contribution < 1.29 is 13.2 Å². The smallest absolute Gasteiger partial charge is 0.267 e. The number of hydrogen-bond donors (Lipinski definition) is 1. The van der Waals surface area contributed by atoms with Crippen molar-refractivity contribution in [2.75, 3.05) is 16.7 Å². The first kappa shape index (κ1) is 22.8. The molecule has 0 spiro atoms. The number of sulfonamides is 1. The lowest BCUT2D eigenvalue weighted by molar-refractivity contribution is 0.102. The number of nitrogens with one attached hydrogen (secondary N) is 1. The molecule has 4 rings (SSSR count). The number of para-hydroxylation sites is 1. The fraction of sp³-hybridized carbons (Fsp3) is 0.115. The highest BCUT2D eigenvalue weighted by atomic mass is 32.2. The average Bonchev–Trinajstić information content (AvgIpc) is 3.31. The Morgan fingerprint density at radius 2 is 1.52 bits per heavy atom. The van der Waals surface area contributed by atoms with Gasteiger partial charge in [0.2, 0.25) is 0 Å². The molecule has 7 heteroatoms. The summed E-state index contributed by atoms with van der Waals surface area (Å²) in [5.41, 5.74) is 3.54. The van der Waals surface area contributed by atoms with Crippen LogP contribution in [0.5, 0.6) is 0 Å². The highest BCUT2D eigenvalue weighted by Gasteiger charge is 2.32. The van der Waals surface area contributed by atoms with Crippen LogP contribution in [-0.2, 0) is 16.4 Å². The van der Waals surface area contributed by atoms with Crippen molar-refractivity contribution in [3.8, 4) is 11.1 Å². The topological polar surface area (TPSA) is 66.5 Å². The molecule has 0 bridgehead atoms. The second-order valence-electron chi connectivity index (χ2n) is 7.49. The molecule has 0 aliphatic rings. The van der Waals surface area contributed by atoms with Crippen molar-refractivity contribution >= 4 is 38.6 Å². The molecule has 0 aliphatic heterocycles. The second-order valence-corrected chi connectivity index (χ2v) is 10.3. The summed E-state index contributed by atoms with van der Waals surface area (Å²) in [5, 5.41) is 4.59. The molecule has 1 N–H and O–H groups in total. The summed E-state index contributed by atoms with van der Waals surface area (Å²) >= 11 is 1.13. The van der Waals surface area contributed by atoms with Crippen molar-refractivity contribution in [2.45, 2.75) is 18.2 Å². The van der Waals surface area contributed by atoms with Gasteiger partial charge in [-0.15, -0.1) is 11.3 Å². The Kier molecular flexibility index (Phi) is 6.62. The van der Waals surface area contributed by atoms with Crippen LogP contribution in [0.25, 0.3) is 11.1 Å². The lowest BCUT2D eigenvalue weighted by atomic mass is 10.1. The predicted molar refractivity (Wildman–Crippen MR) is 136 cm³/mol. The molecule has 3 aromatic carbocycles. The van der Waals surface area contributed by atoms with Crippen LogP contribution in [0.3, 0.4) is 0 Å². The maximum absolute atomic E-state index is 13.8. The molecule has 0 radical (unpaired) electrons. The summed E-state index contributed by atoms with van der Waals surface area (Å²) in [6.45, 7) is 2.06. The number of thiophene rings is 1. The fourth-order valence-corrected chi connectivity index (χ4v) is 6.36. The third-order valence-electron chi connectivity index (χ3n) is 5.39. The van der Waals surface area contributed by atoms with E-state index in [1.165, 1.54) is 11.4 Å². The zero-order chi connectivity index (χ0) is 23.4. The molecule has 33 heavy (non-hydrogen) atoms. The van der Waals surface area contributed by atoms with Gasteiger partial charge in [0.25, 0.3) is 15.9 Å². The molecule has 5 nitrogen and oxygen atoms in total. The summed E-state index contributed by atoms with van der Waals surface area (Å²) in [4.78, 5) is 13.4. The Morgan fingerprint density at radius 3 is 2.12 bits per heavy atom. The Balaban J connectivity index is 1.79. The maximum Gasteiger partial charge on any atom is 0.267 e. The predicted octanol–water partition coefficient (Wildman–Crippen LogP) is 6.05. The highest BCUT2D eigenvalue weighted by Crippen LogP contribution is 2.38. The van der Waals surface area contributed by atoms with Crippen LogP contribution in [0.4, 0.5) is 11.4 Å². The van der Waals surface area contributed by atoms with E-state index in [0.29, 0.717) is 16.9 Å². The normalized spacial score (nSPS) is 11.2. The van der Waals surface area contributed by atoms with Gasteiger partial charge in [-0.25, -0.2) is 8.42 Å². The maximum atomic E-state index is 13.8. The lowest BCUT2D eigenvalue weighted by Crippen LogP contribution is -2.28. The summed E-state index contributed by atoms with van der Waals surface area (Å²) in [6, 6.07) is 25.6. The Bertz CT molecular complexity index is 1350. The minimum absolute atomic E-state index is 0.00716. The van der Waals surface area contributed by atoms with Crippen LogP contribution < -0.4 is 9.62 Å². The number of nitrogens with zero attached hydrogens (tertiary/aromatic N) is 1. The zero-order valence-corrected chi connectivity index (χ0v) is 20.0. The average molecular weight is 477 g/mol. The molecule has 1 heterocycles. The van der Waals surface area contributed by atoms with Crippen molar-refractivity contribution in [2.24, 2.45) is 0 Å². The fourth-order valence-electron chi connectivity index (χ4n) is 3.50. The van der Waals surface area contributed by atoms with Crippen LogP contribution in [0.1, 0.15) is 22.2 Å². The van der Waals surface area contributed by atoms with Crippen molar-refractivity contribution in [3.63, 3.8) is 0 Å². The number of anilines is 2. The van der Waals surface area contributed by atoms with Gasteiger partial charge in [0, 0.05) is 23.7 Å². The largest absolute Gasteiger partial charge is 0.321 e. The minimum atomic E-state index is -4.02. The zero-order valence-electron chi connectivity index (χ0n) is 18.4. The third kappa shape index (κ3) is 4.69. The van der Waals surface area contributed by atoms with Crippen molar-refractivity contribution in [3.05, 3.63) is 101 Å². The Labute approximate surface area is 198 Å². The summed E-state index contributed by atoms with van der Waals surface area (Å²) in [5.74, 6) is -0.452. The Morgan fingerprint density at radius 1 is 0.909 bits per heavy atom. The summed E-state index contributed by atoms with van der Waals surface area (Å²) in [7, 11) is -2.52. The molecular formula is C26H24N2O3S2. The van der Waals surface area contributed by atoms with Crippen LogP contribution in [0.2, 0.25) is 0 Å². The van der Waals surface area contributed by atoms with E-state index in [2.05, 4.69) is 12.2 Å². The van der Waals surface area contributed by atoms with E-state index in [4.69, 9.17) is 0 Å². The third-order valence-corrected chi connectivity index (χ3v) is 8.37. The molecule has 0 saturated heterocycles. The number of rotatable bonds is 7. The summed E-state index contributed by atoms with van der Waals surface area (Å²) < 4.78 is 28.8. The molecule has 0 aliphatic carbocycles. The first-order chi connectivity index (χ1) is 15.9. The van der Waals surface area contributed by atoms with Crippen LogP contribution in [0.15, 0.2) is 95.2 Å². The van der Waals surface area contributed by atoms with Crippen LogP contribution in [-0.4, -0.2) is 21.4 Å². The van der Waals surface area contributed by atoms with E-state index in [0.717, 1.165) is 28.9 Å². The van der Waals surface area contributed by atoms with E-state index >= 15 is 0 Å². The summed E-state index contributed by atoms with van der Waals surface area (Å²) in [6.07, 6.45) is 0.897. The van der Waals surface area contributed by atoms with Crippen LogP contribution >= 0.6 is 11.3 Å². The van der Waals surface area contributed by atoms with E-state index in [1.807, 2.05) is 60.7 Å². The van der Waals surface area contributed by atoms with Crippen molar-refractivity contribution in [1.29, 1.82) is 0 Å². The molecule has 4 aromatic rings. The first-order valence-corrected chi connectivity index (χ1v) is 12.8. The van der Waals surface area contributed by atoms with Gasteiger partial charge < -0.3 is 5.32 Å². The van der Waals surface area contributed by atoms with E-state index < -0.39 is 15.9 Å². The van der Waals surface area contributed by atoms with E-state index in [1.54, 1.807) is 29.6 Å². The number of aryl methyl sites for hydroxylation is 1. The minimum Gasteiger partial charge on any atom is -0.321 e. The standard InChI is InChI=1S/C26H24N2O3S2/c1-3-19-14-16-21(17-15-19)27-26(29)24-25(23(18-32-24)20-10-6-4-7-11-20)33(30,31)28(2)22-12-8-5-9-13-22/h4-18H,3H2,1-2H3,(H,27,29). The van der Waals surface area contributed by atoms with E-state index in [-0.39, 0.29) is 9.77 Å². The molecule has 168 valence electrons. The second kappa shape index (κ2) is 9.60. The Hall–Kier alpha value is -3.42. The van der Waals surface area contributed by atoms with Gasteiger partial charge in [-0.2, -0.15) is 0 Å². The van der Waals surface area contributed by atoms with Gasteiger partial charge in [0.1, 0.15) is 9.77 Å². The van der Waals surface area contributed by atoms with Crippen molar-refractivity contribution in [1.82, 2.24) is 0 Å². The van der Waals surface area contributed by atoms with E-state index in [9.17, 15) is 13.2 Å². The van der Waals surface area contributed by atoms with Crippen LogP contribution in [0, 0.1) is 0 Å². The number of carbonyl (C=O) groups is 1. The number of carbonyl (C=O) groups excluding carboxylic acids is 1. The highest BCUT2D eigenvalue weighted by molar-refractivity contribution is 7.93. The molecule has 0 atom stereocenters. The molecule has 0 unspecified atom stereocenters. The SMILES string of the molecule is CCc1ccc(NC(=O)c2scc(-c3ccccc3)c2S(=O)(=O)N(C)c2ccccc2)cc1. The van der Waals surface area contributed by atoms with Gasteiger partial charge in [0.05, 0.1) is 5.69 Å².